The van der Waals surface area contributed by atoms with E-state index in [1.807, 2.05) is 36.5 Å². The van der Waals surface area contributed by atoms with Crippen molar-refractivity contribution in [2.45, 2.75) is 26.2 Å². The predicted molar refractivity (Wildman–Crippen MR) is 77.1 cm³/mol. The third-order valence-electron chi connectivity index (χ3n) is 2.79. The van der Waals surface area contributed by atoms with Crippen LogP contribution in [0.5, 0.6) is 0 Å². The number of nitrogens with zero attached hydrogens (tertiary/aromatic N) is 1. The molecule has 3 N–H and O–H groups in total. The number of hydrogen-bond acceptors (Lipinski definition) is 3. The molecule has 2 aromatic rings. The van der Waals surface area contributed by atoms with Gasteiger partial charge in [0, 0.05) is 17.6 Å². The molecule has 3 nitrogen and oxygen atoms in total. The molecule has 1 aromatic heterocycles. The quantitative estimate of drug-likeness (QED) is 0.788. The van der Waals surface area contributed by atoms with Gasteiger partial charge >= 0.3 is 0 Å². The average Bonchev–Trinajstić information content (AvgIpc) is 2.28. The minimum Gasteiger partial charge on any atom is -0.399 e. The lowest BCUT2D eigenvalue weighted by molar-refractivity contribution is 0.587. The van der Waals surface area contributed by atoms with Gasteiger partial charge in [-0.25, -0.2) is 4.98 Å². The molecule has 0 saturated carbocycles. The zero-order valence-corrected chi connectivity index (χ0v) is 11.1. The average molecular weight is 241 g/mol. The van der Waals surface area contributed by atoms with Gasteiger partial charge in [0.1, 0.15) is 5.82 Å². The maximum atomic E-state index is 5.73. The minimum absolute atomic E-state index is 0.128. The van der Waals surface area contributed by atoms with E-state index in [1.54, 1.807) is 0 Å². The Labute approximate surface area is 108 Å². The number of rotatable bonds is 2. The Morgan fingerprint density at radius 3 is 2.44 bits per heavy atom. The van der Waals surface area contributed by atoms with Crippen LogP contribution in [0.15, 0.2) is 42.6 Å². The van der Waals surface area contributed by atoms with E-state index in [2.05, 4.69) is 37.1 Å². The van der Waals surface area contributed by atoms with Crippen LogP contribution in [0.4, 0.5) is 17.2 Å². The van der Waals surface area contributed by atoms with Crippen molar-refractivity contribution in [1.82, 2.24) is 4.98 Å². The molecule has 1 aromatic carbocycles. The maximum Gasteiger partial charge on any atom is 0.130 e. The van der Waals surface area contributed by atoms with E-state index in [0.29, 0.717) is 0 Å². The van der Waals surface area contributed by atoms with Crippen LogP contribution in [0.25, 0.3) is 0 Å². The second-order valence-corrected chi connectivity index (χ2v) is 5.43. The second kappa shape index (κ2) is 4.69. The SMILES string of the molecule is CC(C)(C)c1ccc(Nc2cccc(N)c2)nc1. The molecule has 0 saturated heterocycles. The van der Waals surface area contributed by atoms with Crippen LogP contribution in [0.1, 0.15) is 26.3 Å². The fourth-order valence-electron chi connectivity index (χ4n) is 1.68. The van der Waals surface area contributed by atoms with Gasteiger partial charge < -0.3 is 11.1 Å². The molecule has 0 aliphatic heterocycles. The summed E-state index contributed by atoms with van der Waals surface area (Å²) in [7, 11) is 0. The van der Waals surface area contributed by atoms with Crippen molar-refractivity contribution in [3.05, 3.63) is 48.2 Å². The number of nitrogens with one attached hydrogen (secondary N) is 1. The molecule has 0 atom stereocenters. The van der Waals surface area contributed by atoms with Crippen molar-refractivity contribution >= 4 is 17.2 Å². The van der Waals surface area contributed by atoms with E-state index < -0.39 is 0 Å². The van der Waals surface area contributed by atoms with Crippen molar-refractivity contribution in [3.8, 4) is 0 Å². The Balaban J connectivity index is 2.16. The smallest absolute Gasteiger partial charge is 0.130 e. The Morgan fingerprint density at radius 1 is 1.11 bits per heavy atom. The summed E-state index contributed by atoms with van der Waals surface area (Å²) in [6, 6.07) is 11.7. The first-order valence-corrected chi connectivity index (χ1v) is 6.04. The molecule has 1 heterocycles. The predicted octanol–water partition coefficient (Wildman–Crippen LogP) is 3.70. The van der Waals surface area contributed by atoms with Gasteiger partial charge in [-0.05, 0) is 35.2 Å². The molecular weight excluding hydrogens is 222 g/mol. The van der Waals surface area contributed by atoms with Crippen LogP contribution in [0.2, 0.25) is 0 Å². The topological polar surface area (TPSA) is 50.9 Å². The van der Waals surface area contributed by atoms with Gasteiger partial charge in [-0.1, -0.05) is 32.9 Å². The lowest BCUT2D eigenvalue weighted by atomic mass is 9.88. The molecule has 3 heteroatoms. The van der Waals surface area contributed by atoms with E-state index >= 15 is 0 Å². The molecule has 94 valence electrons. The van der Waals surface area contributed by atoms with Crippen LogP contribution in [0, 0.1) is 0 Å². The highest BCUT2D eigenvalue weighted by Gasteiger charge is 2.13. The lowest BCUT2D eigenvalue weighted by Crippen LogP contribution is -2.11. The van der Waals surface area contributed by atoms with E-state index in [-0.39, 0.29) is 5.41 Å². The molecule has 0 aliphatic rings. The van der Waals surface area contributed by atoms with Crippen LogP contribution >= 0.6 is 0 Å². The van der Waals surface area contributed by atoms with Crippen molar-refractivity contribution < 1.29 is 0 Å². The number of hydrogen-bond donors (Lipinski definition) is 2. The molecule has 0 spiro atoms. The largest absolute Gasteiger partial charge is 0.399 e. The molecule has 0 unspecified atom stereocenters. The fourth-order valence-corrected chi connectivity index (χ4v) is 1.68. The standard InChI is InChI=1S/C15H19N3/c1-15(2,3)11-7-8-14(17-10-11)18-13-6-4-5-12(16)9-13/h4-10H,16H2,1-3H3,(H,17,18). The third-order valence-corrected chi connectivity index (χ3v) is 2.79. The highest BCUT2D eigenvalue weighted by molar-refractivity contribution is 5.61. The van der Waals surface area contributed by atoms with Crippen LogP contribution < -0.4 is 11.1 Å². The summed E-state index contributed by atoms with van der Waals surface area (Å²) in [6.07, 6.45) is 1.91. The first-order chi connectivity index (χ1) is 8.45. The zero-order valence-electron chi connectivity index (χ0n) is 11.1. The molecular formula is C15H19N3. The number of anilines is 3. The zero-order chi connectivity index (χ0) is 13.2. The van der Waals surface area contributed by atoms with E-state index in [4.69, 9.17) is 5.73 Å². The fraction of sp³-hybridized carbons (Fsp3) is 0.267. The minimum atomic E-state index is 0.128. The van der Waals surface area contributed by atoms with Crippen LogP contribution in [-0.2, 0) is 5.41 Å². The van der Waals surface area contributed by atoms with Gasteiger partial charge in [0.05, 0.1) is 0 Å². The van der Waals surface area contributed by atoms with Crippen molar-refractivity contribution in [1.29, 1.82) is 0 Å². The van der Waals surface area contributed by atoms with E-state index in [9.17, 15) is 0 Å². The summed E-state index contributed by atoms with van der Waals surface area (Å²) in [5.74, 6) is 0.827. The molecule has 0 aliphatic carbocycles. The third kappa shape index (κ3) is 3.00. The Bertz CT molecular complexity index is 524. The van der Waals surface area contributed by atoms with E-state index in [1.165, 1.54) is 5.56 Å². The Morgan fingerprint density at radius 2 is 1.89 bits per heavy atom. The summed E-state index contributed by atoms with van der Waals surface area (Å²) in [5, 5.41) is 3.23. The molecule has 0 fully saturated rings. The summed E-state index contributed by atoms with van der Waals surface area (Å²) in [5.41, 5.74) is 8.78. The van der Waals surface area contributed by atoms with Gasteiger partial charge in [-0.2, -0.15) is 0 Å². The first-order valence-electron chi connectivity index (χ1n) is 6.04. The monoisotopic (exact) mass is 241 g/mol. The normalized spacial score (nSPS) is 11.3. The highest BCUT2D eigenvalue weighted by Crippen LogP contribution is 2.23. The van der Waals surface area contributed by atoms with Crippen molar-refractivity contribution in [2.75, 3.05) is 11.1 Å². The Hall–Kier alpha value is -2.03. The van der Waals surface area contributed by atoms with E-state index in [0.717, 1.165) is 17.2 Å². The molecule has 18 heavy (non-hydrogen) atoms. The summed E-state index contributed by atoms with van der Waals surface area (Å²) in [4.78, 5) is 4.42. The number of benzene rings is 1. The molecule has 0 bridgehead atoms. The van der Waals surface area contributed by atoms with Crippen LogP contribution in [-0.4, -0.2) is 4.98 Å². The summed E-state index contributed by atoms with van der Waals surface area (Å²) in [6.45, 7) is 6.53. The maximum absolute atomic E-state index is 5.73. The van der Waals surface area contributed by atoms with Gasteiger partial charge in [0.15, 0.2) is 0 Å². The summed E-state index contributed by atoms with van der Waals surface area (Å²) < 4.78 is 0. The Kier molecular flexibility index (Phi) is 3.24. The van der Waals surface area contributed by atoms with Gasteiger partial charge in [0.2, 0.25) is 0 Å². The lowest BCUT2D eigenvalue weighted by Gasteiger charge is -2.18. The number of pyridine rings is 1. The number of aromatic nitrogens is 1. The summed E-state index contributed by atoms with van der Waals surface area (Å²) >= 11 is 0. The van der Waals surface area contributed by atoms with Crippen LogP contribution in [0.3, 0.4) is 0 Å². The van der Waals surface area contributed by atoms with Gasteiger partial charge in [-0.3, -0.25) is 0 Å². The second-order valence-electron chi connectivity index (χ2n) is 5.43. The number of nitrogens with two attached hydrogens (primary N) is 1. The van der Waals surface area contributed by atoms with Crippen molar-refractivity contribution in [3.63, 3.8) is 0 Å². The highest BCUT2D eigenvalue weighted by atomic mass is 15.0. The molecule has 2 rings (SSSR count). The van der Waals surface area contributed by atoms with Gasteiger partial charge in [0.25, 0.3) is 0 Å². The molecule has 0 radical (unpaired) electrons. The van der Waals surface area contributed by atoms with Gasteiger partial charge in [-0.15, -0.1) is 0 Å². The number of nitrogen functional groups attached to an aromatic ring is 1. The molecule has 0 amide bonds. The van der Waals surface area contributed by atoms with Crippen molar-refractivity contribution in [2.24, 2.45) is 0 Å². The first kappa shape index (κ1) is 12.4.